The Morgan fingerprint density at radius 1 is 1.23 bits per heavy atom. The van der Waals surface area contributed by atoms with Crippen LogP contribution in [0.2, 0.25) is 13.1 Å². The predicted molar refractivity (Wildman–Crippen MR) is 62.9 cm³/mol. The Kier molecular flexibility index (Phi) is 5.40. The fraction of sp³-hybridized carbons (Fsp3) is 0.818. The van der Waals surface area contributed by atoms with Gasteiger partial charge < -0.3 is 5.32 Å². The van der Waals surface area contributed by atoms with Gasteiger partial charge in [0.25, 0.3) is 0 Å². The fourth-order valence-electron chi connectivity index (χ4n) is 1.88. The van der Waals surface area contributed by atoms with E-state index in [0.29, 0.717) is 0 Å². The molecule has 76 valence electrons. The van der Waals surface area contributed by atoms with E-state index in [2.05, 4.69) is 30.2 Å². The molecule has 0 aliphatic heterocycles. The van der Waals surface area contributed by atoms with Crippen molar-refractivity contribution >= 4 is 8.80 Å². The van der Waals surface area contributed by atoms with Gasteiger partial charge in [0.15, 0.2) is 0 Å². The molecule has 1 aliphatic carbocycles. The molecule has 1 saturated carbocycles. The lowest BCUT2D eigenvalue weighted by molar-refractivity contribution is 0.385. The monoisotopic (exact) mass is 197 g/mol. The molecule has 0 unspecified atom stereocenters. The third kappa shape index (κ3) is 5.27. The highest BCUT2D eigenvalue weighted by molar-refractivity contribution is 6.61. The van der Waals surface area contributed by atoms with E-state index in [1.807, 2.05) is 0 Å². The van der Waals surface area contributed by atoms with Gasteiger partial charge in [-0.05, 0) is 12.8 Å². The summed E-state index contributed by atoms with van der Waals surface area (Å²) >= 11 is 0. The second-order valence-electron chi connectivity index (χ2n) is 4.42. The van der Waals surface area contributed by atoms with E-state index >= 15 is 0 Å². The normalized spacial score (nSPS) is 20.2. The molecule has 1 fully saturated rings. The molecule has 0 atom stereocenters. The third-order valence-electron chi connectivity index (χ3n) is 2.65. The van der Waals surface area contributed by atoms with Crippen molar-refractivity contribution in [2.45, 2.75) is 51.2 Å². The summed E-state index contributed by atoms with van der Waals surface area (Å²) in [5.41, 5.74) is 2.41. The van der Waals surface area contributed by atoms with Gasteiger partial charge in [-0.3, -0.25) is 0 Å². The minimum Gasteiger partial charge on any atom is -0.311 e. The molecular weight excluding hydrogens is 174 g/mol. The summed E-state index contributed by atoms with van der Waals surface area (Å²) in [5.74, 6) is 0. The average molecular weight is 197 g/mol. The van der Waals surface area contributed by atoms with Crippen LogP contribution >= 0.6 is 0 Å². The summed E-state index contributed by atoms with van der Waals surface area (Å²) in [4.78, 5) is 0. The Hall–Kier alpha value is -0.0831. The summed E-state index contributed by atoms with van der Waals surface area (Å²) in [6.45, 7) is 5.81. The van der Waals surface area contributed by atoms with Crippen LogP contribution in [0.5, 0.6) is 0 Å². The SMILES string of the molecule is C[SiH](C)C=CCNC1CCCCC1. The van der Waals surface area contributed by atoms with E-state index < -0.39 is 8.80 Å². The molecule has 0 radical (unpaired) electrons. The minimum atomic E-state index is -0.465. The Labute approximate surface area is 84.2 Å². The van der Waals surface area contributed by atoms with Crippen molar-refractivity contribution in [3.05, 3.63) is 11.8 Å². The van der Waals surface area contributed by atoms with E-state index in [4.69, 9.17) is 0 Å². The topological polar surface area (TPSA) is 12.0 Å². The zero-order chi connectivity index (χ0) is 9.52. The van der Waals surface area contributed by atoms with Gasteiger partial charge in [-0.25, -0.2) is 0 Å². The summed E-state index contributed by atoms with van der Waals surface area (Å²) in [5, 5.41) is 3.61. The van der Waals surface area contributed by atoms with Crippen LogP contribution in [-0.2, 0) is 0 Å². The molecule has 0 aromatic rings. The first-order chi connectivity index (χ1) is 6.29. The maximum absolute atomic E-state index is 3.61. The van der Waals surface area contributed by atoms with Crippen molar-refractivity contribution in [1.82, 2.24) is 5.32 Å². The standard InChI is InChI=1S/C11H23NSi/c1-13(2)10-6-9-12-11-7-4-3-5-8-11/h6,10-13H,3-5,7-9H2,1-2H3. The molecule has 0 spiro atoms. The van der Waals surface area contributed by atoms with Crippen LogP contribution in [0, 0.1) is 0 Å². The highest BCUT2D eigenvalue weighted by Crippen LogP contribution is 2.16. The van der Waals surface area contributed by atoms with Gasteiger partial charge in [-0.15, -0.1) is 5.70 Å². The average Bonchev–Trinajstić information content (AvgIpc) is 2.14. The van der Waals surface area contributed by atoms with E-state index in [0.717, 1.165) is 12.6 Å². The lowest BCUT2D eigenvalue weighted by Crippen LogP contribution is -2.31. The molecule has 1 nitrogen and oxygen atoms in total. The summed E-state index contributed by atoms with van der Waals surface area (Å²) < 4.78 is 0. The Bertz CT molecular complexity index is 148. The zero-order valence-corrected chi connectivity index (χ0v) is 10.2. The first-order valence-corrected chi connectivity index (χ1v) is 8.66. The van der Waals surface area contributed by atoms with E-state index in [9.17, 15) is 0 Å². The summed E-state index contributed by atoms with van der Waals surface area (Å²) in [6, 6.07) is 0.812. The maximum atomic E-state index is 3.61. The molecule has 1 N–H and O–H groups in total. The first kappa shape index (κ1) is 11.0. The quantitative estimate of drug-likeness (QED) is 0.683. The van der Waals surface area contributed by atoms with Crippen molar-refractivity contribution in [3.63, 3.8) is 0 Å². The molecule has 1 aliphatic rings. The largest absolute Gasteiger partial charge is 0.311 e. The molecule has 0 aromatic heterocycles. The Balaban J connectivity index is 2.04. The second-order valence-corrected chi connectivity index (χ2v) is 7.29. The van der Waals surface area contributed by atoms with Crippen LogP contribution < -0.4 is 5.32 Å². The van der Waals surface area contributed by atoms with Gasteiger partial charge in [-0.1, -0.05) is 38.4 Å². The van der Waals surface area contributed by atoms with E-state index in [-0.39, 0.29) is 0 Å². The van der Waals surface area contributed by atoms with Crippen LogP contribution in [0.15, 0.2) is 11.8 Å². The van der Waals surface area contributed by atoms with Crippen molar-refractivity contribution in [1.29, 1.82) is 0 Å². The summed E-state index contributed by atoms with van der Waals surface area (Å²) in [6.07, 6.45) is 9.43. The van der Waals surface area contributed by atoms with Crippen molar-refractivity contribution < 1.29 is 0 Å². The molecule has 2 heteroatoms. The van der Waals surface area contributed by atoms with Gasteiger partial charge >= 0.3 is 0 Å². The predicted octanol–water partition coefficient (Wildman–Crippen LogP) is 2.49. The van der Waals surface area contributed by atoms with Gasteiger partial charge in [-0.2, -0.15) is 0 Å². The van der Waals surface area contributed by atoms with Gasteiger partial charge in [0.05, 0.1) is 8.80 Å². The third-order valence-corrected chi connectivity index (χ3v) is 3.69. The van der Waals surface area contributed by atoms with Crippen molar-refractivity contribution in [2.75, 3.05) is 6.54 Å². The number of hydrogen-bond acceptors (Lipinski definition) is 1. The highest BCUT2D eigenvalue weighted by atomic mass is 28.3. The van der Waals surface area contributed by atoms with Crippen molar-refractivity contribution in [3.8, 4) is 0 Å². The molecule has 13 heavy (non-hydrogen) atoms. The molecule has 0 amide bonds. The van der Waals surface area contributed by atoms with Gasteiger partial charge in [0, 0.05) is 12.6 Å². The van der Waals surface area contributed by atoms with Crippen molar-refractivity contribution in [2.24, 2.45) is 0 Å². The van der Waals surface area contributed by atoms with E-state index in [1.54, 1.807) is 0 Å². The number of rotatable bonds is 4. The first-order valence-electron chi connectivity index (χ1n) is 5.69. The molecule has 0 bridgehead atoms. The van der Waals surface area contributed by atoms with Crippen LogP contribution in [0.4, 0.5) is 0 Å². The zero-order valence-electron chi connectivity index (χ0n) is 9.05. The minimum absolute atomic E-state index is 0.465. The Morgan fingerprint density at radius 2 is 1.92 bits per heavy atom. The number of hydrogen-bond donors (Lipinski definition) is 1. The van der Waals surface area contributed by atoms with Crippen LogP contribution in [0.25, 0.3) is 0 Å². The lowest BCUT2D eigenvalue weighted by Gasteiger charge is -2.22. The van der Waals surface area contributed by atoms with Crippen LogP contribution in [0.1, 0.15) is 32.1 Å². The fourth-order valence-corrected chi connectivity index (χ4v) is 2.56. The molecule has 0 saturated heterocycles. The molecule has 0 heterocycles. The van der Waals surface area contributed by atoms with Gasteiger partial charge in [0.1, 0.15) is 0 Å². The second kappa shape index (κ2) is 6.38. The highest BCUT2D eigenvalue weighted by Gasteiger charge is 2.10. The van der Waals surface area contributed by atoms with Gasteiger partial charge in [0.2, 0.25) is 0 Å². The van der Waals surface area contributed by atoms with Crippen LogP contribution in [-0.4, -0.2) is 21.4 Å². The lowest BCUT2D eigenvalue weighted by atomic mass is 9.96. The Morgan fingerprint density at radius 3 is 2.54 bits per heavy atom. The van der Waals surface area contributed by atoms with Crippen LogP contribution in [0.3, 0.4) is 0 Å². The number of nitrogens with one attached hydrogen (secondary N) is 1. The van der Waals surface area contributed by atoms with E-state index in [1.165, 1.54) is 32.1 Å². The molecule has 1 rings (SSSR count). The summed E-state index contributed by atoms with van der Waals surface area (Å²) in [7, 11) is -0.465. The maximum Gasteiger partial charge on any atom is 0.0550 e. The molecule has 0 aromatic carbocycles. The smallest absolute Gasteiger partial charge is 0.0550 e. The molecular formula is C11H23NSi.